The second-order valence-electron chi connectivity index (χ2n) is 3.94. The third-order valence-electron chi connectivity index (χ3n) is 2.79. The molecule has 16 heavy (non-hydrogen) atoms. The zero-order valence-corrected chi connectivity index (χ0v) is 10.7. The summed E-state index contributed by atoms with van der Waals surface area (Å²) in [7, 11) is 1.82. The van der Waals surface area contributed by atoms with E-state index < -0.39 is 0 Å². The molecule has 1 amide bonds. The molecule has 0 radical (unpaired) electrons. The van der Waals surface area contributed by atoms with E-state index in [2.05, 4.69) is 15.9 Å². The number of rotatable bonds is 1. The van der Waals surface area contributed by atoms with Gasteiger partial charge in [0.1, 0.15) is 0 Å². The van der Waals surface area contributed by atoms with E-state index in [0.29, 0.717) is 12.2 Å². The minimum Gasteiger partial charge on any atom is -0.397 e. The van der Waals surface area contributed by atoms with Crippen LogP contribution in [0.5, 0.6) is 0 Å². The van der Waals surface area contributed by atoms with Crippen molar-refractivity contribution in [1.29, 1.82) is 0 Å². The van der Waals surface area contributed by atoms with Gasteiger partial charge in [-0.2, -0.15) is 0 Å². The number of benzene rings is 1. The number of hydrogen-bond acceptors (Lipinski definition) is 3. The van der Waals surface area contributed by atoms with Gasteiger partial charge in [0.15, 0.2) is 0 Å². The molecule has 1 aliphatic heterocycles. The fraction of sp³-hybridized carbons (Fsp3) is 0.364. The molecule has 2 N–H and O–H groups in total. The van der Waals surface area contributed by atoms with Crippen LogP contribution in [-0.4, -0.2) is 37.5 Å². The predicted molar refractivity (Wildman–Crippen MR) is 68.4 cm³/mol. The maximum absolute atomic E-state index is 11.6. The molecule has 2 rings (SSSR count). The molecule has 0 unspecified atom stereocenters. The highest BCUT2D eigenvalue weighted by Crippen LogP contribution is 2.27. The van der Waals surface area contributed by atoms with Crippen LogP contribution in [0.3, 0.4) is 0 Å². The molecule has 1 heterocycles. The highest BCUT2D eigenvalue weighted by Gasteiger charge is 2.22. The van der Waals surface area contributed by atoms with Gasteiger partial charge in [-0.15, -0.1) is 0 Å². The number of carbonyl (C=O) groups excluding carboxylic acids is 1. The molecule has 1 aromatic rings. The Morgan fingerprint density at radius 1 is 1.38 bits per heavy atom. The lowest BCUT2D eigenvalue weighted by Crippen LogP contribution is -2.48. The molecule has 0 spiro atoms. The van der Waals surface area contributed by atoms with Crippen molar-refractivity contribution in [2.24, 2.45) is 0 Å². The molecule has 1 saturated heterocycles. The van der Waals surface area contributed by atoms with Crippen molar-refractivity contribution < 1.29 is 4.79 Å². The van der Waals surface area contributed by atoms with E-state index >= 15 is 0 Å². The number of piperazine rings is 1. The summed E-state index contributed by atoms with van der Waals surface area (Å²) in [6, 6.07) is 5.74. The van der Waals surface area contributed by atoms with E-state index in [9.17, 15) is 4.79 Å². The van der Waals surface area contributed by atoms with Crippen LogP contribution < -0.4 is 10.6 Å². The molecule has 0 saturated carbocycles. The van der Waals surface area contributed by atoms with Crippen LogP contribution in [0.25, 0.3) is 0 Å². The Morgan fingerprint density at radius 3 is 2.75 bits per heavy atom. The Balaban J connectivity index is 2.22. The van der Waals surface area contributed by atoms with E-state index in [1.807, 2.05) is 30.1 Å². The first-order valence-electron chi connectivity index (χ1n) is 5.12. The molecule has 0 atom stereocenters. The van der Waals surface area contributed by atoms with Crippen LogP contribution >= 0.6 is 15.9 Å². The van der Waals surface area contributed by atoms with Gasteiger partial charge in [0.2, 0.25) is 5.91 Å². The highest BCUT2D eigenvalue weighted by molar-refractivity contribution is 9.10. The van der Waals surface area contributed by atoms with E-state index in [1.54, 1.807) is 4.90 Å². The minimum atomic E-state index is 0.133. The van der Waals surface area contributed by atoms with Gasteiger partial charge in [0.25, 0.3) is 0 Å². The Hall–Kier alpha value is -1.23. The van der Waals surface area contributed by atoms with Gasteiger partial charge in [0, 0.05) is 24.6 Å². The smallest absolute Gasteiger partial charge is 0.241 e. The summed E-state index contributed by atoms with van der Waals surface area (Å²) in [4.78, 5) is 15.3. The molecule has 0 aromatic heterocycles. The molecular formula is C11H14BrN3O. The monoisotopic (exact) mass is 283 g/mol. The van der Waals surface area contributed by atoms with Crippen molar-refractivity contribution in [2.45, 2.75) is 0 Å². The third kappa shape index (κ3) is 2.14. The van der Waals surface area contributed by atoms with Gasteiger partial charge in [0.05, 0.1) is 17.9 Å². The quantitative estimate of drug-likeness (QED) is 0.791. The Bertz CT molecular complexity index is 422. The lowest BCUT2D eigenvalue weighted by Gasteiger charge is -2.34. The molecule has 0 bridgehead atoms. The summed E-state index contributed by atoms with van der Waals surface area (Å²) in [5.41, 5.74) is 7.57. The zero-order valence-electron chi connectivity index (χ0n) is 9.11. The number of nitrogen functional groups attached to an aromatic ring is 1. The highest BCUT2D eigenvalue weighted by atomic mass is 79.9. The minimum absolute atomic E-state index is 0.133. The van der Waals surface area contributed by atoms with E-state index in [-0.39, 0.29) is 5.91 Å². The van der Waals surface area contributed by atoms with Crippen LogP contribution in [0.15, 0.2) is 22.7 Å². The van der Waals surface area contributed by atoms with E-state index in [1.165, 1.54) is 0 Å². The van der Waals surface area contributed by atoms with Gasteiger partial charge in [-0.05, 0) is 18.2 Å². The normalized spacial score (nSPS) is 16.8. The fourth-order valence-electron chi connectivity index (χ4n) is 1.78. The Morgan fingerprint density at radius 2 is 2.12 bits per heavy atom. The van der Waals surface area contributed by atoms with Crippen molar-refractivity contribution in [1.82, 2.24) is 4.90 Å². The van der Waals surface area contributed by atoms with Crippen molar-refractivity contribution in [3.05, 3.63) is 22.7 Å². The van der Waals surface area contributed by atoms with Crippen molar-refractivity contribution in [2.75, 3.05) is 37.3 Å². The largest absolute Gasteiger partial charge is 0.397 e. The fourth-order valence-corrected chi connectivity index (χ4v) is 2.16. The van der Waals surface area contributed by atoms with E-state index in [0.717, 1.165) is 23.2 Å². The lowest BCUT2D eigenvalue weighted by molar-refractivity contribution is -0.129. The number of amides is 1. The molecule has 86 valence electrons. The summed E-state index contributed by atoms with van der Waals surface area (Å²) < 4.78 is 0.953. The Labute approximate surface area is 103 Å². The molecule has 5 heteroatoms. The number of likely N-dealkylation sites (N-methyl/N-ethyl adjacent to an activating group) is 1. The van der Waals surface area contributed by atoms with Crippen LogP contribution in [0.4, 0.5) is 11.4 Å². The number of nitrogens with zero attached hydrogens (tertiary/aromatic N) is 2. The van der Waals surface area contributed by atoms with E-state index in [4.69, 9.17) is 5.73 Å². The van der Waals surface area contributed by atoms with Crippen LogP contribution in [0, 0.1) is 0 Å². The van der Waals surface area contributed by atoms with Gasteiger partial charge >= 0.3 is 0 Å². The summed E-state index contributed by atoms with van der Waals surface area (Å²) >= 11 is 3.37. The standard InChI is InChI=1S/C11H14BrN3O/c1-14-4-5-15(7-11(14)16)10-3-2-8(12)6-9(10)13/h2-3,6H,4-5,7,13H2,1H3. The molecule has 1 aromatic carbocycles. The SMILES string of the molecule is CN1CCN(c2ccc(Br)cc2N)CC1=O. The molecular weight excluding hydrogens is 270 g/mol. The topological polar surface area (TPSA) is 49.6 Å². The number of nitrogens with two attached hydrogens (primary N) is 1. The lowest BCUT2D eigenvalue weighted by atomic mass is 10.2. The average Bonchev–Trinajstić information content (AvgIpc) is 2.22. The van der Waals surface area contributed by atoms with Crippen molar-refractivity contribution in [3.8, 4) is 0 Å². The van der Waals surface area contributed by atoms with Crippen molar-refractivity contribution in [3.63, 3.8) is 0 Å². The van der Waals surface area contributed by atoms with Crippen molar-refractivity contribution >= 4 is 33.2 Å². The summed E-state index contributed by atoms with van der Waals surface area (Å²) in [5, 5.41) is 0. The summed E-state index contributed by atoms with van der Waals surface area (Å²) in [5.74, 6) is 0.133. The molecule has 4 nitrogen and oxygen atoms in total. The van der Waals surface area contributed by atoms with Gasteiger partial charge < -0.3 is 15.5 Å². The number of halogens is 1. The zero-order chi connectivity index (χ0) is 11.7. The van der Waals surface area contributed by atoms with Crippen LogP contribution in [0.2, 0.25) is 0 Å². The van der Waals surface area contributed by atoms with Crippen LogP contribution in [-0.2, 0) is 4.79 Å². The predicted octanol–water partition coefficient (Wildman–Crippen LogP) is 1.31. The molecule has 1 fully saturated rings. The van der Waals surface area contributed by atoms with Crippen LogP contribution in [0.1, 0.15) is 0 Å². The van der Waals surface area contributed by atoms with Gasteiger partial charge in [-0.1, -0.05) is 15.9 Å². The molecule has 1 aliphatic rings. The number of hydrogen-bond donors (Lipinski definition) is 1. The van der Waals surface area contributed by atoms with Gasteiger partial charge in [-0.3, -0.25) is 4.79 Å². The first kappa shape index (κ1) is 11.3. The first-order valence-corrected chi connectivity index (χ1v) is 5.91. The first-order chi connectivity index (χ1) is 7.58. The summed E-state index contributed by atoms with van der Waals surface area (Å²) in [6.45, 7) is 1.98. The Kier molecular flexibility index (Phi) is 3.05. The molecule has 0 aliphatic carbocycles. The second kappa shape index (κ2) is 4.33. The number of anilines is 2. The van der Waals surface area contributed by atoms with Gasteiger partial charge in [-0.25, -0.2) is 0 Å². The summed E-state index contributed by atoms with van der Waals surface area (Å²) in [6.07, 6.45) is 0. The maximum Gasteiger partial charge on any atom is 0.241 e. The third-order valence-corrected chi connectivity index (χ3v) is 3.28. The maximum atomic E-state index is 11.6. The average molecular weight is 284 g/mol. The number of carbonyl (C=O) groups is 1. The second-order valence-corrected chi connectivity index (χ2v) is 4.86.